The number of hydrogen-bond donors (Lipinski definition) is 0. The highest BCUT2D eigenvalue weighted by Crippen LogP contribution is 2.23. The van der Waals surface area contributed by atoms with E-state index in [9.17, 15) is 0 Å². The maximum absolute atomic E-state index is 4.68. The first-order chi connectivity index (χ1) is 9.74. The van der Waals surface area contributed by atoms with Crippen molar-refractivity contribution in [2.45, 2.75) is 6.92 Å². The SMILES string of the molecule is Cc1ccccc1-c1cc2nc3ccsn3c2n[n+]1C. The van der Waals surface area contributed by atoms with Crippen molar-refractivity contribution in [1.29, 1.82) is 0 Å². The van der Waals surface area contributed by atoms with Crippen LogP contribution in [0.4, 0.5) is 0 Å². The van der Waals surface area contributed by atoms with Crippen LogP contribution in [0, 0.1) is 6.92 Å². The van der Waals surface area contributed by atoms with Gasteiger partial charge in [-0.2, -0.15) is 0 Å². The highest BCUT2D eigenvalue weighted by Gasteiger charge is 2.18. The van der Waals surface area contributed by atoms with Crippen LogP contribution in [0.3, 0.4) is 0 Å². The molecule has 0 spiro atoms. The Morgan fingerprint density at radius 3 is 2.90 bits per heavy atom. The fourth-order valence-corrected chi connectivity index (χ4v) is 3.26. The van der Waals surface area contributed by atoms with Gasteiger partial charge in [-0.3, -0.25) is 0 Å². The molecule has 0 N–H and O–H groups in total. The van der Waals surface area contributed by atoms with E-state index >= 15 is 0 Å². The van der Waals surface area contributed by atoms with Crippen LogP contribution in [0.15, 0.2) is 41.8 Å². The van der Waals surface area contributed by atoms with Gasteiger partial charge in [0.15, 0.2) is 7.05 Å². The van der Waals surface area contributed by atoms with Crippen molar-refractivity contribution in [2.75, 3.05) is 0 Å². The number of rotatable bonds is 1. The molecule has 5 heteroatoms. The number of hydrogen-bond acceptors (Lipinski definition) is 3. The highest BCUT2D eigenvalue weighted by molar-refractivity contribution is 7.04. The van der Waals surface area contributed by atoms with Crippen LogP contribution in [0.25, 0.3) is 28.1 Å². The van der Waals surface area contributed by atoms with E-state index in [2.05, 4.69) is 51.1 Å². The summed E-state index contributed by atoms with van der Waals surface area (Å²) in [6.07, 6.45) is 0. The first-order valence-electron chi connectivity index (χ1n) is 6.43. The molecular formula is C15H13N4S+. The second-order valence-corrected chi connectivity index (χ2v) is 5.70. The zero-order valence-electron chi connectivity index (χ0n) is 11.2. The van der Waals surface area contributed by atoms with Crippen LogP contribution in [0.2, 0.25) is 0 Å². The third-order valence-electron chi connectivity index (χ3n) is 3.54. The summed E-state index contributed by atoms with van der Waals surface area (Å²) in [6.45, 7) is 2.12. The van der Waals surface area contributed by atoms with Gasteiger partial charge >= 0.3 is 0 Å². The molecule has 0 aliphatic carbocycles. The standard InChI is InChI=1S/C15H13N4S/c1-10-5-3-4-6-11(10)13-9-12-15(17-18(13)2)19-14(16-12)7-8-20-19/h3-9H,1-2H3/q+1. The van der Waals surface area contributed by atoms with Crippen LogP contribution in [-0.4, -0.2) is 13.9 Å². The lowest BCUT2D eigenvalue weighted by Gasteiger charge is -2.02. The zero-order chi connectivity index (χ0) is 13.7. The fourth-order valence-electron chi connectivity index (χ4n) is 2.51. The van der Waals surface area contributed by atoms with Gasteiger partial charge in [0.2, 0.25) is 11.3 Å². The van der Waals surface area contributed by atoms with Gasteiger partial charge < -0.3 is 0 Å². The van der Waals surface area contributed by atoms with Crippen molar-refractivity contribution in [3.05, 3.63) is 47.3 Å². The lowest BCUT2D eigenvalue weighted by atomic mass is 10.1. The van der Waals surface area contributed by atoms with Crippen LogP contribution >= 0.6 is 11.5 Å². The molecule has 4 aromatic rings. The molecule has 0 bridgehead atoms. The van der Waals surface area contributed by atoms with Gasteiger partial charge in [-0.1, -0.05) is 34.4 Å². The van der Waals surface area contributed by atoms with E-state index in [1.54, 1.807) is 11.5 Å². The Morgan fingerprint density at radius 2 is 2.05 bits per heavy atom. The molecule has 3 heterocycles. The molecule has 4 nitrogen and oxygen atoms in total. The Bertz CT molecular complexity index is 936. The molecule has 0 unspecified atom stereocenters. The molecule has 0 aliphatic rings. The van der Waals surface area contributed by atoms with Crippen LogP contribution in [0.1, 0.15) is 5.56 Å². The van der Waals surface area contributed by atoms with Crippen molar-refractivity contribution < 1.29 is 4.68 Å². The van der Waals surface area contributed by atoms with E-state index in [1.807, 2.05) is 23.2 Å². The summed E-state index contributed by atoms with van der Waals surface area (Å²) in [7, 11) is 1.98. The summed E-state index contributed by atoms with van der Waals surface area (Å²) in [6, 6.07) is 12.5. The van der Waals surface area contributed by atoms with Crippen molar-refractivity contribution in [3.8, 4) is 11.3 Å². The average Bonchev–Trinajstić information content (AvgIpc) is 3.00. The van der Waals surface area contributed by atoms with Crippen molar-refractivity contribution in [1.82, 2.24) is 13.9 Å². The topological polar surface area (TPSA) is 34.1 Å². The van der Waals surface area contributed by atoms with Gasteiger partial charge in [0.1, 0.15) is 11.2 Å². The molecular weight excluding hydrogens is 268 g/mol. The summed E-state index contributed by atoms with van der Waals surface area (Å²) in [5.74, 6) is 0. The van der Waals surface area contributed by atoms with Crippen LogP contribution in [0.5, 0.6) is 0 Å². The number of benzene rings is 1. The van der Waals surface area contributed by atoms with Gasteiger partial charge in [-0.05, 0) is 24.6 Å². The minimum Gasteiger partial charge on any atom is -0.225 e. The molecule has 3 aromatic heterocycles. The highest BCUT2D eigenvalue weighted by atomic mass is 32.1. The van der Waals surface area contributed by atoms with Crippen molar-refractivity contribution >= 4 is 28.3 Å². The predicted molar refractivity (Wildman–Crippen MR) is 79.7 cm³/mol. The predicted octanol–water partition coefficient (Wildman–Crippen LogP) is 2.74. The third kappa shape index (κ3) is 1.56. The second-order valence-electron chi connectivity index (χ2n) is 4.85. The summed E-state index contributed by atoms with van der Waals surface area (Å²) in [4.78, 5) is 4.63. The largest absolute Gasteiger partial charge is 0.241 e. The Kier molecular flexibility index (Phi) is 2.37. The lowest BCUT2D eigenvalue weighted by molar-refractivity contribution is -0.718. The number of nitrogens with zero attached hydrogens (tertiary/aromatic N) is 4. The Labute approximate surface area is 120 Å². The Morgan fingerprint density at radius 1 is 1.20 bits per heavy atom. The zero-order valence-corrected chi connectivity index (χ0v) is 12.1. The van der Waals surface area contributed by atoms with E-state index < -0.39 is 0 Å². The van der Waals surface area contributed by atoms with E-state index in [0.717, 1.165) is 22.5 Å². The van der Waals surface area contributed by atoms with E-state index in [4.69, 9.17) is 0 Å². The molecule has 0 aliphatic heterocycles. The summed E-state index contributed by atoms with van der Waals surface area (Å²) in [5.41, 5.74) is 6.33. The normalized spacial score (nSPS) is 11.5. The van der Waals surface area contributed by atoms with E-state index in [-0.39, 0.29) is 0 Å². The molecule has 20 heavy (non-hydrogen) atoms. The van der Waals surface area contributed by atoms with Crippen LogP contribution < -0.4 is 4.68 Å². The molecule has 0 radical (unpaired) electrons. The first-order valence-corrected chi connectivity index (χ1v) is 7.27. The molecule has 98 valence electrons. The first kappa shape index (κ1) is 11.5. The molecule has 0 amide bonds. The van der Waals surface area contributed by atoms with Gasteiger partial charge in [0.25, 0.3) is 0 Å². The van der Waals surface area contributed by atoms with Crippen molar-refractivity contribution in [2.24, 2.45) is 7.05 Å². The van der Waals surface area contributed by atoms with Gasteiger partial charge in [-0.15, -0.1) is 0 Å². The molecule has 0 atom stereocenters. The maximum atomic E-state index is 4.68. The molecule has 0 fully saturated rings. The number of imidazole rings is 1. The van der Waals surface area contributed by atoms with E-state index in [0.29, 0.717) is 0 Å². The number of fused-ring (bicyclic) bond motifs is 3. The number of aromatic nitrogens is 4. The summed E-state index contributed by atoms with van der Waals surface area (Å²) >= 11 is 1.62. The van der Waals surface area contributed by atoms with Crippen LogP contribution in [-0.2, 0) is 7.05 Å². The number of aryl methyl sites for hydroxylation is 2. The third-order valence-corrected chi connectivity index (χ3v) is 4.36. The summed E-state index contributed by atoms with van der Waals surface area (Å²) < 4.78 is 3.98. The maximum Gasteiger partial charge on any atom is 0.241 e. The fraction of sp³-hybridized carbons (Fsp3) is 0.133. The van der Waals surface area contributed by atoms with Gasteiger partial charge in [-0.25, -0.2) is 8.77 Å². The van der Waals surface area contributed by atoms with E-state index in [1.165, 1.54) is 11.1 Å². The van der Waals surface area contributed by atoms with Crippen molar-refractivity contribution in [3.63, 3.8) is 0 Å². The summed E-state index contributed by atoms with van der Waals surface area (Å²) in [5, 5.41) is 6.71. The average molecular weight is 281 g/mol. The molecule has 1 aromatic carbocycles. The Balaban J connectivity index is 2.05. The lowest BCUT2D eigenvalue weighted by Crippen LogP contribution is -2.35. The van der Waals surface area contributed by atoms with Gasteiger partial charge in [0.05, 0.1) is 5.56 Å². The smallest absolute Gasteiger partial charge is 0.225 e. The quantitative estimate of drug-likeness (QED) is 0.503. The van der Waals surface area contributed by atoms with Gasteiger partial charge in [0, 0.05) is 16.5 Å². The second kappa shape index (κ2) is 4.11. The molecule has 0 saturated carbocycles. The Hall–Kier alpha value is -2.27. The minimum absolute atomic E-state index is 0.912. The molecule has 4 rings (SSSR count). The minimum atomic E-state index is 0.912. The monoisotopic (exact) mass is 281 g/mol. The molecule has 0 saturated heterocycles.